The number of carbonyl (C=O) groups excluding carboxylic acids is 1. The van der Waals surface area contributed by atoms with E-state index in [1.54, 1.807) is 30.5 Å². The fraction of sp³-hybridized carbons (Fsp3) is 0.0667. The maximum atomic E-state index is 11.3. The Kier molecular flexibility index (Phi) is 4.38. The highest BCUT2D eigenvalue weighted by Crippen LogP contribution is 2.27. The minimum Gasteiger partial charge on any atom is -0.506 e. The van der Waals surface area contributed by atoms with Gasteiger partial charge in [-0.25, -0.2) is 4.79 Å². The summed E-state index contributed by atoms with van der Waals surface area (Å²) < 4.78 is 4.57. The lowest BCUT2D eigenvalue weighted by Gasteiger charge is -2.02. The fourth-order valence-electron chi connectivity index (χ4n) is 1.57. The molecule has 0 aliphatic carbocycles. The number of carbonyl (C=O) groups is 1. The van der Waals surface area contributed by atoms with Crippen LogP contribution >= 0.6 is 11.6 Å². The lowest BCUT2D eigenvalue weighted by atomic mass is 10.2. The van der Waals surface area contributed by atoms with Crippen LogP contribution in [-0.4, -0.2) is 24.4 Å². The Labute approximate surface area is 121 Å². The standard InChI is InChI=1S/C15H12ClNO3/c1-20-15(19)11-4-7-13(14(18)8-11)17-9-10-2-5-12(16)6-3-10/h2-9,18H,1H3. The second kappa shape index (κ2) is 6.21. The average molecular weight is 290 g/mol. The van der Waals surface area contributed by atoms with Gasteiger partial charge in [0.25, 0.3) is 0 Å². The highest BCUT2D eigenvalue weighted by molar-refractivity contribution is 6.30. The van der Waals surface area contributed by atoms with E-state index in [-0.39, 0.29) is 11.3 Å². The zero-order valence-corrected chi connectivity index (χ0v) is 11.5. The molecule has 0 bridgehead atoms. The number of aliphatic imine (C=N–C) groups is 1. The van der Waals surface area contributed by atoms with E-state index in [9.17, 15) is 9.90 Å². The van der Waals surface area contributed by atoms with Gasteiger partial charge in [0.15, 0.2) is 0 Å². The molecule has 0 aromatic heterocycles. The molecule has 2 rings (SSSR count). The van der Waals surface area contributed by atoms with Crippen LogP contribution in [0.4, 0.5) is 5.69 Å². The molecule has 0 saturated carbocycles. The molecule has 4 nitrogen and oxygen atoms in total. The van der Waals surface area contributed by atoms with E-state index in [4.69, 9.17) is 11.6 Å². The summed E-state index contributed by atoms with van der Waals surface area (Å²) in [4.78, 5) is 15.5. The summed E-state index contributed by atoms with van der Waals surface area (Å²) >= 11 is 5.79. The van der Waals surface area contributed by atoms with Gasteiger partial charge in [-0.05, 0) is 35.9 Å². The fourth-order valence-corrected chi connectivity index (χ4v) is 1.70. The van der Waals surface area contributed by atoms with Gasteiger partial charge < -0.3 is 9.84 Å². The van der Waals surface area contributed by atoms with Crippen LogP contribution in [0, 0.1) is 0 Å². The number of phenolic OH excluding ortho intramolecular Hbond substituents is 1. The Morgan fingerprint density at radius 2 is 1.95 bits per heavy atom. The number of phenols is 1. The van der Waals surface area contributed by atoms with E-state index in [1.165, 1.54) is 13.2 Å². The van der Waals surface area contributed by atoms with Crippen LogP contribution in [0.15, 0.2) is 47.5 Å². The van der Waals surface area contributed by atoms with E-state index in [1.807, 2.05) is 12.1 Å². The molecule has 20 heavy (non-hydrogen) atoms. The third-order valence-electron chi connectivity index (χ3n) is 2.62. The number of ether oxygens (including phenoxy) is 1. The second-order valence-electron chi connectivity index (χ2n) is 4.00. The van der Waals surface area contributed by atoms with Crippen LogP contribution in [0.5, 0.6) is 5.75 Å². The number of hydrogen-bond donors (Lipinski definition) is 1. The number of aromatic hydroxyl groups is 1. The highest BCUT2D eigenvalue weighted by Gasteiger charge is 2.08. The Balaban J connectivity index is 2.21. The number of rotatable bonds is 3. The summed E-state index contributed by atoms with van der Waals surface area (Å²) in [6, 6.07) is 11.5. The third-order valence-corrected chi connectivity index (χ3v) is 2.87. The zero-order chi connectivity index (χ0) is 14.5. The Bertz CT molecular complexity index is 651. The van der Waals surface area contributed by atoms with Crippen LogP contribution in [0.2, 0.25) is 5.02 Å². The first-order valence-electron chi connectivity index (χ1n) is 5.81. The van der Waals surface area contributed by atoms with Gasteiger partial charge in [0.1, 0.15) is 11.4 Å². The van der Waals surface area contributed by atoms with Gasteiger partial charge in [0.2, 0.25) is 0 Å². The molecular weight excluding hydrogens is 278 g/mol. The number of methoxy groups -OCH3 is 1. The molecule has 2 aromatic carbocycles. The predicted octanol–water partition coefficient (Wildman–Crippen LogP) is 3.58. The van der Waals surface area contributed by atoms with Crippen LogP contribution in [-0.2, 0) is 4.74 Å². The van der Waals surface area contributed by atoms with Gasteiger partial charge in [-0.3, -0.25) is 4.99 Å². The predicted molar refractivity (Wildman–Crippen MR) is 78.2 cm³/mol. The molecule has 0 aliphatic heterocycles. The molecule has 0 radical (unpaired) electrons. The molecular formula is C15H12ClNO3. The average Bonchev–Trinajstić information content (AvgIpc) is 2.46. The van der Waals surface area contributed by atoms with Crippen molar-refractivity contribution in [2.45, 2.75) is 0 Å². The molecule has 0 heterocycles. The number of hydrogen-bond acceptors (Lipinski definition) is 4. The summed E-state index contributed by atoms with van der Waals surface area (Å²) in [5, 5.41) is 10.5. The summed E-state index contributed by atoms with van der Waals surface area (Å²) in [6.45, 7) is 0. The van der Waals surface area contributed by atoms with Crippen LogP contribution in [0.25, 0.3) is 0 Å². The van der Waals surface area contributed by atoms with Crippen molar-refractivity contribution in [2.75, 3.05) is 7.11 Å². The summed E-state index contributed by atoms with van der Waals surface area (Å²) in [5.41, 5.74) is 1.49. The van der Waals surface area contributed by atoms with Gasteiger partial charge in [0, 0.05) is 11.2 Å². The minimum atomic E-state index is -0.506. The van der Waals surface area contributed by atoms with Gasteiger partial charge in [-0.15, -0.1) is 0 Å². The first-order valence-corrected chi connectivity index (χ1v) is 6.19. The van der Waals surface area contributed by atoms with Crippen molar-refractivity contribution < 1.29 is 14.6 Å². The number of esters is 1. The van der Waals surface area contributed by atoms with E-state index in [2.05, 4.69) is 9.73 Å². The Hall–Kier alpha value is -2.33. The van der Waals surface area contributed by atoms with Gasteiger partial charge in [-0.2, -0.15) is 0 Å². The van der Waals surface area contributed by atoms with Crippen molar-refractivity contribution in [1.82, 2.24) is 0 Å². The molecule has 1 N–H and O–H groups in total. The second-order valence-corrected chi connectivity index (χ2v) is 4.44. The van der Waals surface area contributed by atoms with Gasteiger partial charge >= 0.3 is 5.97 Å². The first-order chi connectivity index (χ1) is 9.60. The van der Waals surface area contributed by atoms with Crippen molar-refractivity contribution in [3.8, 4) is 5.75 Å². The molecule has 0 aliphatic rings. The quantitative estimate of drug-likeness (QED) is 0.694. The molecule has 5 heteroatoms. The maximum absolute atomic E-state index is 11.3. The lowest BCUT2D eigenvalue weighted by Crippen LogP contribution is -2.00. The number of halogens is 1. The summed E-state index contributed by atoms with van der Waals surface area (Å²) in [7, 11) is 1.28. The smallest absolute Gasteiger partial charge is 0.337 e. The lowest BCUT2D eigenvalue weighted by molar-refractivity contribution is 0.0600. The van der Waals surface area contributed by atoms with E-state index in [0.717, 1.165) is 5.56 Å². The van der Waals surface area contributed by atoms with Crippen LogP contribution < -0.4 is 0 Å². The van der Waals surface area contributed by atoms with E-state index in [0.29, 0.717) is 10.7 Å². The zero-order valence-electron chi connectivity index (χ0n) is 10.7. The molecule has 102 valence electrons. The van der Waals surface area contributed by atoms with E-state index < -0.39 is 5.97 Å². The molecule has 0 unspecified atom stereocenters. The van der Waals surface area contributed by atoms with Crippen LogP contribution in [0.3, 0.4) is 0 Å². The van der Waals surface area contributed by atoms with Gasteiger partial charge in [0.05, 0.1) is 12.7 Å². The van der Waals surface area contributed by atoms with E-state index >= 15 is 0 Å². The normalized spacial score (nSPS) is 10.7. The third kappa shape index (κ3) is 3.36. The molecule has 0 spiro atoms. The molecule has 0 saturated heterocycles. The summed E-state index contributed by atoms with van der Waals surface area (Å²) in [5.74, 6) is -0.591. The SMILES string of the molecule is COC(=O)c1ccc(N=Cc2ccc(Cl)cc2)c(O)c1. The van der Waals surface area contributed by atoms with Crippen molar-refractivity contribution in [3.63, 3.8) is 0 Å². The molecule has 2 aromatic rings. The van der Waals surface area contributed by atoms with Crippen molar-refractivity contribution in [1.29, 1.82) is 0 Å². The Morgan fingerprint density at radius 3 is 2.55 bits per heavy atom. The monoisotopic (exact) mass is 289 g/mol. The van der Waals surface area contributed by atoms with Crippen molar-refractivity contribution in [2.24, 2.45) is 4.99 Å². The van der Waals surface area contributed by atoms with Gasteiger partial charge in [-0.1, -0.05) is 23.7 Å². The Morgan fingerprint density at radius 1 is 1.25 bits per heavy atom. The van der Waals surface area contributed by atoms with Crippen molar-refractivity contribution >= 4 is 29.5 Å². The summed E-state index contributed by atoms with van der Waals surface area (Å²) in [6.07, 6.45) is 1.60. The highest BCUT2D eigenvalue weighted by atomic mass is 35.5. The van der Waals surface area contributed by atoms with Crippen LogP contribution in [0.1, 0.15) is 15.9 Å². The minimum absolute atomic E-state index is 0.0851. The molecule has 0 fully saturated rings. The maximum Gasteiger partial charge on any atom is 0.337 e. The topological polar surface area (TPSA) is 58.9 Å². The molecule has 0 amide bonds. The number of benzene rings is 2. The molecule has 0 atom stereocenters. The van der Waals surface area contributed by atoms with Crippen molar-refractivity contribution in [3.05, 3.63) is 58.6 Å². The largest absolute Gasteiger partial charge is 0.506 e. The first kappa shape index (κ1) is 14.1. The number of nitrogens with zero attached hydrogens (tertiary/aromatic N) is 1.